The van der Waals surface area contributed by atoms with Crippen LogP contribution < -0.4 is 5.43 Å². The predicted octanol–water partition coefficient (Wildman–Crippen LogP) is 3.31. The van der Waals surface area contributed by atoms with Crippen LogP contribution in [0.15, 0.2) is 41.5 Å². The maximum absolute atomic E-state index is 10.7. The number of hydrazone groups is 1. The van der Waals surface area contributed by atoms with Crippen molar-refractivity contribution in [3.63, 3.8) is 0 Å². The summed E-state index contributed by atoms with van der Waals surface area (Å²) in [7, 11) is 0. The van der Waals surface area contributed by atoms with Crippen LogP contribution in [0.5, 0.6) is 5.75 Å². The maximum atomic E-state index is 10.7. The van der Waals surface area contributed by atoms with Gasteiger partial charge in [-0.1, -0.05) is 11.6 Å². The number of nitro benzene ring substituents is 2. The van der Waals surface area contributed by atoms with Crippen molar-refractivity contribution in [3.8, 4) is 5.75 Å². The molecule has 2 aromatic rings. The van der Waals surface area contributed by atoms with Crippen molar-refractivity contribution in [1.82, 2.24) is 0 Å². The molecule has 2 N–H and O–H groups in total. The fourth-order valence-electron chi connectivity index (χ4n) is 1.64. The number of phenols is 1. The summed E-state index contributed by atoms with van der Waals surface area (Å²) in [4.78, 5) is 20.1. The Morgan fingerprint density at radius 1 is 1.09 bits per heavy atom. The highest BCUT2D eigenvalue weighted by Gasteiger charge is 2.10. The van der Waals surface area contributed by atoms with Crippen molar-refractivity contribution in [2.75, 3.05) is 5.43 Å². The summed E-state index contributed by atoms with van der Waals surface area (Å²) in [6, 6.07) is 7.26. The van der Waals surface area contributed by atoms with Crippen LogP contribution in [0, 0.1) is 20.2 Å². The molecule has 0 heterocycles. The van der Waals surface area contributed by atoms with Gasteiger partial charge in [-0.3, -0.25) is 25.7 Å². The highest BCUT2D eigenvalue weighted by molar-refractivity contribution is 6.33. The van der Waals surface area contributed by atoms with Crippen LogP contribution in [0.25, 0.3) is 0 Å². The van der Waals surface area contributed by atoms with Crippen molar-refractivity contribution >= 4 is 34.9 Å². The van der Waals surface area contributed by atoms with Crippen LogP contribution in [0.1, 0.15) is 5.56 Å². The second kappa shape index (κ2) is 6.71. The Bertz CT molecular complexity index is 809. The van der Waals surface area contributed by atoms with E-state index >= 15 is 0 Å². The highest BCUT2D eigenvalue weighted by atomic mass is 35.5. The summed E-state index contributed by atoms with van der Waals surface area (Å²) in [6.07, 6.45) is 1.17. The summed E-state index contributed by atoms with van der Waals surface area (Å²) < 4.78 is 0. The summed E-state index contributed by atoms with van der Waals surface area (Å²) in [5, 5.41) is 34.8. The fourth-order valence-corrected chi connectivity index (χ4v) is 1.86. The van der Waals surface area contributed by atoms with Gasteiger partial charge >= 0.3 is 0 Å². The molecule has 10 heteroatoms. The first-order valence-electron chi connectivity index (χ1n) is 6.09. The van der Waals surface area contributed by atoms with Gasteiger partial charge in [0.05, 0.1) is 26.8 Å². The van der Waals surface area contributed by atoms with E-state index in [0.717, 1.165) is 18.2 Å². The number of phenolic OH excluding ortho intramolecular Hbond substituents is 1. The molecular weight excluding hydrogens is 328 g/mol. The molecule has 0 aliphatic carbocycles. The lowest BCUT2D eigenvalue weighted by atomic mass is 10.2. The van der Waals surface area contributed by atoms with Gasteiger partial charge < -0.3 is 5.11 Å². The number of rotatable bonds is 5. The molecule has 0 amide bonds. The minimum absolute atomic E-state index is 0.0830. The molecule has 9 nitrogen and oxygen atoms in total. The number of nitrogens with zero attached hydrogens (tertiary/aromatic N) is 3. The van der Waals surface area contributed by atoms with Gasteiger partial charge in [-0.15, -0.1) is 0 Å². The number of aromatic hydroxyl groups is 1. The van der Waals surface area contributed by atoms with Crippen LogP contribution in [-0.2, 0) is 0 Å². The van der Waals surface area contributed by atoms with Crippen LogP contribution in [0.4, 0.5) is 17.1 Å². The Morgan fingerprint density at radius 3 is 2.30 bits per heavy atom. The molecule has 2 aromatic carbocycles. The molecule has 0 aliphatic rings. The van der Waals surface area contributed by atoms with Gasteiger partial charge in [0, 0.05) is 29.8 Å². The third kappa shape index (κ3) is 3.92. The first-order chi connectivity index (χ1) is 10.9. The zero-order valence-corrected chi connectivity index (χ0v) is 12.1. The van der Waals surface area contributed by atoms with Gasteiger partial charge in [-0.2, -0.15) is 5.10 Å². The van der Waals surface area contributed by atoms with Crippen LogP contribution in [0.2, 0.25) is 5.02 Å². The van der Waals surface area contributed by atoms with Gasteiger partial charge in [0.2, 0.25) is 0 Å². The van der Waals surface area contributed by atoms with E-state index in [4.69, 9.17) is 11.6 Å². The second-order valence-corrected chi connectivity index (χ2v) is 4.70. The van der Waals surface area contributed by atoms with Gasteiger partial charge in [0.25, 0.3) is 11.4 Å². The highest BCUT2D eigenvalue weighted by Crippen LogP contribution is 2.27. The minimum atomic E-state index is -0.600. The average molecular weight is 337 g/mol. The van der Waals surface area contributed by atoms with Crippen LogP contribution in [0.3, 0.4) is 0 Å². The molecular formula is C13H9ClN4O5. The number of nitrogens with one attached hydrogen (secondary N) is 1. The Kier molecular flexibility index (Phi) is 4.72. The smallest absolute Gasteiger partial charge is 0.271 e. The lowest BCUT2D eigenvalue weighted by molar-refractivity contribution is -0.385. The standard InChI is InChI=1S/C13H9ClN4O5/c14-11-6-10(18(22)23)1-3-12(11)16-15-7-8-5-9(17(20)21)2-4-13(8)19/h1-7,16,19H/b15-7+. The molecule has 0 bridgehead atoms. The number of anilines is 1. The van der Waals surface area contributed by atoms with Crippen molar-refractivity contribution in [2.24, 2.45) is 5.10 Å². The third-order valence-electron chi connectivity index (χ3n) is 2.77. The quantitative estimate of drug-likeness (QED) is 0.489. The lowest BCUT2D eigenvalue weighted by Gasteiger charge is -2.03. The first kappa shape index (κ1) is 16.2. The molecule has 0 aromatic heterocycles. The van der Waals surface area contributed by atoms with E-state index in [1.54, 1.807) is 0 Å². The summed E-state index contributed by atoms with van der Waals surface area (Å²) >= 11 is 5.87. The SMILES string of the molecule is O=[N+]([O-])c1ccc(N/N=C/c2cc([N+](=O)[O-])ccc2O)c(Cl)c1. The van der Waals surface area contributed by atoms with E-state index in [2.05, 4.69) is 10.5 Å². The average Bonchev–Trinajstić information content (AvgIpc) is 2.50. The summed E-state index contributed by atoms with van der Waals surface area (Å²) in [5.74, 6) is -0.184. The van der Waals surface area contributed by atoms with E-state index in [-0.39, 0.29) is 27.7 Å². The zero-order valence-electron chi connectivity index (χ0n) is 11.3. The largest absolute Gasteiger partial charge is 0.507 e. The van der Waals surface area contributed by atoms with E-state index in [9.17, 15) is 25.3 Å². The van der Waals surface area contributed by atoms with Crippen LogP contribution in [-0.4, -0.2) is 21.2 Å². The molecule has 0 fully saturated rings. The number of non-ortho nitro benzene ring substituents is 2. The summed E-state index contributed by atoms with van der Waals surface area (Å²) in [6.45, 7) is 0. The molecule has 0 atom stereocenters. The normalized spacial score (nSPS) is 10.7. The molecule has 0 spiro atoms. The van der Waals surface area contributed by atoms with Gasteiger partial charge in [0.15, 0.2) is 0 Å². The number of hydrogen-bond donors (Lipinski definition) is 2. The van der Waals surface area contributed by atoms with Crippen molar-refractivity contribution in [1.29, 1.82) is 0 Å². The van der Waals surface area contributed by atoms with Crippen molar-refractivity contribution in [2.45, 2.75) is 0 Å². The Labute approximate surface area is 134 Å². The van der Waals surface area contributed by atoms with Crippen molar-refractivity contribution in [3.05, 3.63) is 67.2 Å². The molecule has 0 unspecified atom stereocenters. The molecule has 2 rings (SSSR count). The number of nitro groups is 2. The van der Waals surface area contributed by atoms with E-state index in [1.807, 2.05) is 0 Å². The topological polar surface area (TPSA) is 131 Å². The Hall–Kier alpha value is -3.20. The maximum Gasteiger partial charge on any atom is 0.271 e. The lowest BCUT2D eigenvalue weighted by Crippen LogP contribution is -1.95. The second-order valence-electron chi connectivity index (χ2n) is 4.29. The molecule has 0 radical (unpaired) electrons. The van der Waals surface area contributed by atoms with Crippen LogP contribution >= 0.6 is 11.6 Å². The number of hydrogen-bond acceptors (Lipinski definition) is 7. The molecule has 118 valence electrons. The fraction of sp³-hybridized carbons (Fsp3) is 0. The van der Waals surface area contributed by atoms with Crippen molar-refractivity contribution < 1.29 is 15.0 Å². The Balaban J connectivity index is 2.17. The van der Waals surface area contributed by atoms with Gasteiger partial charge in [-0.05, 0) is 12.1 Å². The third-order valence-corrected chi connectivity index (χ3v) is 3.09. The van der Waals surface area contributed by atoms with E-state index in [1.165, 1.54) is 24.4 Å². The Morgan fingerprint density at radius 2 is 1.70 bits per heavy atom. The summed E-state index contributed by atoms with van der Waals surface area (Å²) in [5.41, 5.74) is 2.61. The van der Waals surface area contributed by atoms with Gasteiger partial charge in [0.1, 0.15) is 5.75 Å². The molecule has 0 saturated heterocycles. The minimum Gasteiger partial charge on any atom is -0.507 e. The predicted molar refractivity (Wildman–Crippen MR) is 84.1 cm³/mol. The first-order valence-corrected chi connectivity index (χ1v) is 6.46. The number of benzene rings is 2. The van der Waals surface area contributed by atoms with Gasteiger partial charge in [-0.25, -0.2) is 0 Å². The zero-order chi connectivity index (χ0) is 17.0. The number of halogens is 1. The molecule has 0 aliphatic heterocycles. The van der Waals surface area contributed by atoms with E-state index in [0.29, 0.717) is 5.69 Å². The molecule has 0 saturated carbocycles. The molecule has 23 heavy (non-hydrogen) atoms. The monoisotopic (exact) mass is 336 g/mol. The van der Waals surface area contributed by atoms with E-state index < -0.39 is 9.85 Å².